The number of hydrogen-bond acceptors (Lipinski definition) is 8. The van der Waals surface area contributed by atoms with Crippen LogP contribution in [0.25, 0.3) is 0 Å². The number of hydrogen-bond donors (Lipinski definition) is 3. The summed E-state index contributed by atoms with van der Waals surface area (Å²) >= 11 is 3.73. The molecule has 3 amide bonds. The van der Waals surface area contributed by atoms with Crippen LogP contribution in [-0.2, 0) is 13.9 Å². The fourth-order valence-corrected chi connectivity index (χ4v) is 4.89. The average Bonchev–Trinajstić information content (AvgIpc) is 3.26. The van der Waals surface area contributed by atoms with Gasteiger partial charge in [0.25, 0.3) is 5.91 Å². The van der Waals surface area contributed by atoms with Gasteiger partial charge in [-0.3, -0.25) is 14.5 Å². The third kappa shape index (κ3) is 4.10. The topological polar surface area (TPSA) is 89.6 Å². The van der Waals surface area contributed by atoms with Crippen LogP contribution in [0.4, 0.5) is 4.79 Å². The number of piperazine rings is 1. The molecule has 4 aliphatic rings. The molecule has 0 radical (unpaired) electrons. The summed E-state index contributed by atoms with van der Waals surface area (Å²) in [6.45, 7) is 6.29. The van der Waals surface area contributed by atoms with E-state index in [2.05, 4.69) is 40.6 Å². The third-order valence-electron chi connectivity index (χ3n) is 6.42. The Hall–Kier alpha value is -1.11. The molecular weight excluding hydrogens is 384 g/mol. The highest BCUT2D eigenvalue weighted by Gasteiger charge is 2.48. The molecule has 4 atom stereocenters. The summed E-state index contributed by atoms with van der Waals surface area (Å²) in [7, 11) is 2.16. The summed E-state index contributed by atoms with van der Waals surface area (Å²) in [5, 5.41) is 4.72. The number of hydroxylamine groups is 3. The van der Waals surface area contributed by atoms with Crippen molar-refractivity contribution < 1.29 is 18.7 Å². The molecule has 158 valence electrons. The van der Waals surface area contributed by atoms with Gasteiger partial charge in [0.15, 0.2) is 0 Å². The van der Waals surface area contributed by atoms with Crippen LogP contribution in [0.2, 0.25) is 0 Å². The highest BCUT2D eigenvalue weighted by atomic mass is 32.1. The molecule has 4 saturated heterocycles. The molecule has 0 aromatic rings. The second kappa shape index (κ2) is 8.72. The average molecular weight is 415 g/mol. The second-order valence-corrected chi connectivity index (χ2v) is 8.36. The van der Waals surface area contributed by atoms with Crippen LogP contribution in [0.15, 0.2) is 0 Å². The Morgan fingerprint density at radius 2 is 2.04 bits per heavy atom. The van der Waals surface area contributed by atoms with Gasteiger partial charge in [0.2, 0.25) is 0 Å². The van der Waals surface area contributed by atoms with Gasteiger partial charge in [-0.2, -0.15) is 5.06 Å². The first-order valence-electron chi connectivity index (χ1n) is 10.1. The number of fused-ring (bicyclic) bond motifs is 2. The van der Waals surface area contributed by atoms with Gasteiger partial charge in [0.05, 0.1) is 12.6 Å². The molecule has 0 aromatic carbocycles. The van der Waals surface area contributed by atoms with Crippen LogP contribution in [0, 0.1) is 0 Å². The molecule has 2 unspecified atom stereocenters. The van der Waals surface area contributed by atoms with Gasteiger partial charge >= 0.3 is 6.03 Å². The summed E-state index contributed by atoms with van der Waals surface area (Å²) in [6.07, 6.45) is 2.31. The van der Waals surface area contributed by atoms with Crippen molar-refractivity contribution in [3.8, 4) is 0 Å². The summed E-state index contributed by atoms with van der Waals surface area (Å²) in [4.78, 5) is 36.7. The van der Waals surface area contributed by atoms with Crippen molar-refractivity contribution in [3.05, 3.63) is 0 Å². The maximum Gasteiger partial charge on any atom is 0.345 e. The number of nitrogens with zero attached hydrogens (tertiary/aromatic N) is 4. The third-order valence-corrected chi connectivity index (χ3v) is 6.60. The Balaban J connectivity index is 1.19. The van der Waals surface area contributed by atoms with Crippen LogP contribution in [0.1, 0.15) is 19.3 Å². The summed E-state index contributed by atoms with van der Waals surface area (Å²) < 4.78 is 4.84. The number of likely N-dealkylation sites (N-methyl/N-ethyl adjacent to an activating group) is 1. The molecule has 4 fully saturated rings. The van der Waals surface area contributed by atoms with E-state index in [1.54, 1.807) is 0 Å². The van der Waals surface area contributed by atoms with E-state index in [0.29, 0.717) is 32.0 Å². The predicted molar refractivity (Wildman–Crippen MR) is 104 cm³/mol. The summed E-state index contributed by atoms with van der Waals surface area (Å²) in [6, 6.07) is -0.119. The van der Waals surface area contributed by atoms with E-state index >= 15 is 0 Å². The minimum absolute atomic E-state index is 0.0378. The molecule has 4 aliphatic heterocycles. The number of nitrogens with one attached hydrogen (secondary N) is 2. The number of rotatable bonds is 6. The largest absolute Gasteiger partial charge is 0.345 e. The lowest BCUT2D eigenvalue weighted by molar-refractivity contribution is -0.139. The van der Waals surface area contributed by atoms with E-state index < -0.39 is 6.04 Å². The maximum absolute atomic E-state index is 12.5. The SMILES string of the molecule is CN1CCN([C@@H]2CN[C@@H](CONC(=O)C3CCC4CN3C(=O)N4OS)C2)CC1. The van der Waals surface area contributed by atoms with Crippen molar-refractivity contribution in [1.29, 1.82) is 0 Å². The van der Waals surface area contributed by atoms with Crippen molar-refractivity contribution in [3.63, 3.8) is 0 Å². The minimum Gasteiger partial charge on any atom is -0.310 e. The Morgan fingerprint density at radius 3 is 2.79 bits per heavy atom. The molecule has 0 saturated carbocycles. The number of carbonyl (C=O) groups excluding carboxylic acids is 2. The first-order valence-corrected chi connectivity index (χ1v) is 10.4. The fourth-order valence-electron chi connectivity index (χ4n) is 4.68. The Kier molecular flexibility index (Phi) is 6.28. The van der Waals surface area contributed by atoms with Gasteiger partial charge in [-0.05, 0) is 26.3 Å². The predicted octanol–water partition coefficient (Wildman–Crippen LogP) is -0.943. The maximum atomic E-state index is 12.5. The monoisotopic (exact) mass is 414 g/mol. The normalized spacial score (nSPS) is 34.3. The number of carbonyl (C=O) groups is 2. The molecule has 10 nitrogen and oxygen atoms in total. The summed E-state index contributed by atoms with van der Waals surface area (Å²) in [5.74, 6) is -0.276. The van der Waals surface area contributed by atoms with Crippen LogP contribution < -0.4 is 10.8 Å². The molecule has 0 spiro atoms. The second-order valence-electron chi connectivity index (χ2n) is 8.20. The Labute approximate surface area is 171 Å². The first kappa shape index (κ1) is 20.2. The number of piperidine rings is 1. The van der Waals surface area contributed by atoms with Crippen molar-refractivity contribution in [1.82, 2.24) is 30.6 Å². The lowest BCUT2D eigenvalue weighted by Gasteiger charge is -2.36. The standard InChI is InChI=1S/C17H30N6O4S/c1-20-4-6-21(7-5-20)14-8-12(18-9-14)11-26-19-16(24)15-3-2-13-10-22(15)17(25)23(13)27-28/h12-15,18,28H,2-11H2,1H3,(H,19,24)/t12-,13?,14+,15?/m1/s1. The first-order chi connectivity index (χ1) is 13.6. The molecule has 2 bridgehead atoms. The van der Waals surface area contributed by atoms with Gasteiger partial charge < -0.3 is 15.1 Å². The van der Waals surface area contributed by atoms with E-state index in [0.717, 1.165) is 39.1 Å². The minimum atomic E-state index is -0.521. The molecule has 4 rings (SSSR count). The molecule has 4 heterocycles. The van der Waals surface area contributed by atoms with Crippen LogP contribution in [0.5, 0.6) is 0 Å². The molecule has 0 aromatic heterocycles. The van der Waals surface area contributed by atoms with E-state index in [1.807, 2.05) is 0 Å². The molecule has 0 aliphatic carbocycles. The Bertz CT molecular complexity index is 590. The van der Waals surface area contributed by atoms with Gasteiger partial charge in [-0.1, -0.05) is 0 Å². The number of urea groups is 1. The molecule has 28 heavy (non-hydrogen) atoms. The van der Waals surface area contributed by atoms with Crippen molar-refractivity contribution >= 4 is 24.8 Å². The zero-order valence-electron chi connectivity index (χ0n) is 16.2. The van der Waals surface area contributed by atoms with E-state index in [1.165, 1.54) is 9.96 Å². The fraction of sp³-hybridized carbons (Fsp3) is 0.882. The zero-order valence-corrected chi connectivity index (χ0v) is 17.1. The van der Waals surface area contributed by atoms with Crippen LogP contribution in [-0.4, -0.2) is 109 Å². The van der Waals surface area contributed by atoms with Crippen molar-refractivity contribution in [2.75, 3.05) is 52.9 Å². The highest BCUT2D eigenvalue weighted by molar-refractivity contribution is 7.75. The number of thiol groups is 1. The number of amides is 3. The lowest BCUT2D eigenvalue weighted by atomic mass is 10.0. The zero-order chi connectivity index (χ0) is 19.7. The highest BCUT2D eigenvalue weighted by Crippen LogP contribution is 2.30. The quantitative estimate of drug-likeness (QED) is 0.294. The Morgan fingerprint density at radius 1 is 1.25 bits per heavy atom. The van der Waals surface area contributed by atoms with Crippen LogP contribution >= 0.6 is 12.9 Å². The van der Waals surface area contributed by atoms with E-state index in [-0.39, 0.29) is 24.0 Å². The smallest absolute Gasteiger partial charge is 0.310 e. The van der Waals surface area contributed by atoms with Crippen molar-refractivity contribution in [2.45, 2.75) is 43.4 Å². The molecule has 2 N–H and O–H groups in total. The lowest BCUT2D eigenvalue weighted by Crippen LogP contribution is -2.50. The molecular formula is C17H30N6O4S. The van der Waals surface area contributed by atoms with Gasteiger partial charge in [0.1, 0.15) is 6.04 Å². The van der Waals surface area contributed by atoms with Gasteiger partial charge in [-0.15, -0.1) is 0 Å². The van der Waals surface area contributed by atoms with E-state index in [4.69, 9.17) is 9.12 Å². The van der Waals surface area contributed by atoms with Gasteiger partial charge in [0, 0.05) is 64.3 Å². The molecule has 11 heteroatoms. The van der Waals surface area contributed by atoms with Crippen LogP contribution in [0.3, 0.4) is 0 Å². The van der Waals surface area contributed by atoms with Gasteiger partial charge in [-0.25, -0.2) is 14.6 Å². The van der Waals surface area contributed by atoms with Crippen molar-refractivity contribution in [2.24, 2.45) is 0 Å². The summed E-state index contributed by atoms with van der Waals surface area (Å²) in [5.41, 5.74) is 2.54. The van der Waals surface area contributed by atoms with E-state index in [9.17, 15) is 9.59 Å².